The van der Waals surface area contributed by atoms with Crippen LogP contribution in [-0.2, 0) is 11.3 Å². The molecule has 3 N–H and O–H groups in total. The van der Waals surface area contributed by atoms with Gasteiger partial charge in [0, 0.05) is 30.5 Å². The van der Waals surface area contributed by atoms with E-state index in [1.54, 1.807) is 6.20 Å². The predicted octanol–water partition coefficient (Wildman–Crippen LogP) is 2.00. The van der Waals surface area contributed by atoms with Crippen LogP contribution in [0.25, 0.3) is 0 Å². The number of carbonyl (C=O) groups is 1. The highest BCUT2D eigenvalue weighted by atomic mass is 16.1. The Morgan fingerprint density at radius 1 is 1.45 bits per heavy atom. The Morgan fingerprint density at radius 2 is 2.30 bits per heavy atom. The maximum Gasteiger partial charge on any atom is 0.224 e. The minimum absolute atomic E-state index is 0.00135. The van der Waals surface area contributed by atoms with Crippen LogP contribution in [0.15, 0.2) is 42.7 Å². The van der Waals surface area contributed by atoms with Gasteiger partial charge in [-0.15, -0.1) is 0 Å². The number of amides is 1. The van der Waals surface area contributed by atoms with Crippen molar-refractivity contribution in [3.8, 4) is 0 Å². The number of anilines is 1. The summed E-state index contributed by atoms with van der Waals surface area (Å²) in [7, 11) is 0. The summed E-state index contributed by atoms with van der Waals surface area (Å²) in [5, 5.41) is 7.06. The van der Waals surface area contributed by atoms with E-state index >= 15 is 0 Å². The molecule has 0 fully saturated rings. The number of nitrogens with zero attached hydrogens (tertiary/aromatic N) is 2. The smallest absolute Gasteiger partial charge is 0.224 e. The number of hydrogen-bond donors (Lipinski definition) is 2. The van der Waals surface area contributed by atoms with E-state index in [4.69, 9.17) is 5.73 Å². The molecule has 5 heteroatoms. The molecular weight excluding hydrogens is 252 g/mol. The van der Waals surface area contributed by atoms with Gasteiger partial charge in [-0.1, -0.05) is 12.1 Å². The third-order valence-corrected chi connectivity index (χ3v) is 2.94. The molecular formula is C15H20N4O. The van der Waals surface area contributed by atoms with Gasteiger partial charge in [-0.2, -0.15) is 5.10 Å². The van der Waals surface area contributed by atoms with Crippen molar-refractivity contribution in [2.24, 2.45) is 5.73 Å². The third-order valence-electron chi connectivity index (χ3n) is 2.94. The number of hydrogen-bond acceptors (Lipinski definition) is 3. The number of rotatable bonds is 6. The van der Waals surface area contributed by atoms with Crippen molar-refractivity contribution >= 4 is 11.6 Å². The summed E-state index contributed by atoms with van der Waals surface area (Å²) >= 11 is 0. The predicted molar refractivity (Wildman–Crippen MR) is 79.3 cm³/mol. The Hall–Kier alpha value is -2.14. The normalized spacial score (nSPS) is 12.1. The van der Waals surface area contributed by atoms with Crippen molar-refractivity contribution < 1.29 is 4.79 Å². The molecule has 0 spiro atoms. The fraction of sp³-hybridized carbons (Fsp3) is 0.333. The minimum Gasteiger partial charge on any atom is -0.328 e. The summed E-state index contributed by atoms with van der Waals surface area (Å²) in [6.07, 6.45) is 4.80. The van der Waals surface area contributed by atoms with Crippen LogP contribution in [0.3, 0.4) is 0 Å². The van der Waals surface area contributed by atoms with Crippen LogP contribution >= 0.6 is 0 Å². The molecule has 0 aliphatic heterocycles. The van der Waals surface area contributed by atoms with Gasteiger partial charge >= 0.3 is 0 Å². The number of nitrogens with one attached hydrogen (secondary N) is 1. The first-order valence-corrected chi connectivity index (χ1v) is 6.75. The molecule has 0 saturated heterocycles. The molecule has 1 heterocycles. The topological polar surface area (TPSA) is 72.9 Å². The van der Waals surface area contributed by atoms with Gasteiger partial charge in [0.2, 0.25) is 5.91 Å². The fourth-order valence-electron chi connectivity index (χ4n) is 1.91. The molecule has 2 aromatic rings. The molecule has 0 aliphatic carbocycles. The van der Waals surface area contributed by atoms with Gasteiger partial charge in [0.15, 0.2) is 0 Å². The fourth-order valence-corrected chi connectivity index (χ4v) is 1.91. The summed E-state index contributed by atoms with van der Waals surface area (Å²) < 4.78 is 1.84. The lowest BCUT2D eigenvalue weighted by Gasteiger charge is -2.09. The van der Waals surface area contributed by atoms with Crippen LogP contribution in [0, 0.1) is 0 Å². The summed E-state index contributed by atoms with van der Waals surface area (Å²) in [6.45, 7) is 2.59. The van der Waals surface area contributed by atoms with Gasteiger partial charge < -0.3 is 11.1 Å². The number of aromatic nitrogens is 2. The zero-order valence-electron chi connectivity index (χ0n) is 11.6. The van der Waals surface area contributed by atoms with Gasteiger partial charge in [0.1, 0.15) is 0 Å². The average Bonchev–Trinajstić information content (AvgIpc) is 2.89. The molecule has 0 bridgehead atoms. The molecule has 0 aliphatic rings. The molecule has 1 atom stereocenters. The van der Waals surface area contributed by atoms with Crippen molar-refractivity contribution in [3.63, 3.8) is 0 Å². The van der Waals surface area contributed by atoms with E-state index in [9.17, 15) is 4.79 Å². The highest BCUT2D eigenvalue weighted by Gasteiger charge is 2.05. The summed E-state index contributed by atoms with van der Waals surface area (Å²) in [4.78, 5) is 11.8. The van der Waals surface area contributed by atoms with Crippen LogP contribution in [0.2, 0.25) is 0 Å². The first-order valence-electron chi connectivity index (χ1n) is 6.75. The second-order valence-corrected chi connectivity index (χ2v) is 4.97. The zero-order valence-corrected chi connectivity index (χ0v) is 11.6. The summed E-state index contributed by atoms with van der Waals surface area (Å²) in [5.74, 6) is -0.00135. The quantitative estimate of drug-likeness (QED) is 0.844. The lowest BCUT2D eigenvalue weighted by atomic mass is 10.1. The molecule has 106 valence electrons. The average molecular weight is 272 g/mol. The van der Waals surface area contributed by atoms with Crippen LogP contribution in [0.1, 0.15) is 25.3 Å². The maximum atomic E-state index is 11.8. The maximum absolute atomic E-state index is 11.8. The van der Waals surface area contributed by atoms with Crippen LogP contribution in [-0.4, -0.2) is 21.7 Å². The van der Waals surface area contributed by atoms with E-state index in [1.165, 1.54) is 0 Å². The van der Waals surface area contributed by atoms with E-state index in [1.807, 2.05) is 48.1 Å². The van der Waals surface area contributed by atoms with Gasteiger partial charge in [-0.05, 0) is 37.1 Å². The number of nitrogens with two attached hydrogens (primary N) is 1. The highest BCUT2D eigenvalue weighted by Crippen LogP contribution is 2.12. The lowest BCUT2D eigenvalue weighted by molar-refractivity contribution is -0.116. The number of benzene rings is 1. The van der Waals surface area contributed by atoms with Crippen molar-refractivity contribution in [2.45, 2.75) is 32.4 Å². The number of carbonyl (C=O) groups excluding carboxylic acids is 1. The minimum atomic E-state index is -0.00135. The Balaban J connectivity index is 1.94. The molecule has 1 aromatic carbocycles. The second-order valence-electron chi connectivity index (χ2n) is 4.97. The monoisotopic (exact) mass is 272 g/mol. The van der Waals surface area contributed by atoms with E-state index in [0.717, 1.165) is 11.3 Å². The molecule has 2 rings (SSSR count). The Kier molecular flexibility index (Phi) is 4.90. The summed E-state index contributed by atoms with van der Waals surface area (Å²) in [6, 6.07) is 9.73. The van der Waals surface area contributed by atoms with E-state index in [0.29, 0.717) is 19.4 Å². The Labute approximate surface area is 118 Å². The first-order chi connectivity index (χ1) is 9.63. The summed E-state index contributed by atoms with van der Waals surface area (Å²) in [5.41, 5.74) is 7.55. The van der Waals surface area contributed by atoms with Gasteiger partial charge in [-0.25, -0.2) is 0 Å². The van der Waals surface area contributed by atoms with Crippen molar-refractivity contribution in [1.82, 2.24) is 9.78 Å². The molecule has 1 unspecified atom stereocenters. The molecule has 0 saturated carbocycles. The van der Waals surface area contributed by atoms with Crippen LogP contribution in [0.5, 0.6) is 0 Å². The van der Waals surface area contributed by atoms with Crippen molar-refractivity contribution in [2.75, 3.05) is 5.32 Å². The van der Waals surface area contributed by atoms with Gasteiger partial charge in [-0.3, -0.25) is 9.48 Å². The Bertz CT molecular complexity index is 549. The van der Waals surface area contributed by atoms with E-state index in [2.05, 4.69) is 10.4 Å². The van der Waals surface area contributed by atoms with Crippen molar-refractivity contribution in [1.29, 1.82) is 0 Å². The third kappa shape index (κ3) is 4.51. The van der Waals surface area contributed by atoms with E-state index < -0.39 is 0 Å². The second kappa shape index (κ2) is 6.86. The standard InChI is InChI=1S/C15H20N4O/c1-12(16)6-7-15(20)18-14-5-2-4-13(10-14)11-19-9-3-8-17-19/h2-5,8-10,12H,6-7,11,16H2,1H3,(H,18,20). The van der Waals surface area contributed by atoms with Crippen LogP contribution in [0.4, 0.5) is 5.69 Å². The lowest BCUT2D eigenvalue weighted by Crippen LogP contribution is -2.19. The van der Waals surface area contributed by atoms with Crippen LogP contribution < -0.4 is 11.1 Å². The van der Waals surface area contributed by atoms with Crippen molar-refractivity contribution in [3.05, 3.63) is 48.3 Å². The zero-order chi connectivity index (χ0) is 14.4. The van der Waals surface area contributed by atoms with Gasteiger partial charge in [0.05, 0.1) is 6.54 Å². The first kappa shape index (κ1) is 14.3. The van der Waals surface area contributed by atoms with E-state index in [-0.39, 0.29) is 11.9 Å². The Morgan fingerprint density at radius 3 is 3.00 bits per heavy atom. The molecule has 1 aromatic heterocycles. The SMILES string of the molecule is CC(N)CCC(=O)Nc1cccc(Cn2cccn2)c1. The molecule has 20 heavy (non-hydrogen) atoms. The highest BCUT2D eigenvalue weighted by molar-refractivity contribution is 5.90. The molecule has 1 amide bonds. The largest absolute Gasteiger partial charge is 0.328 e. The van der Waals surface area contributed by atoms with Gasteiger partial charge in [0.25, 0.3) is 0 Å². The molecule has 5 nitrogen and oxygen atoms in total. The molecule has 0 radical (unpaired) electrons.